The maximum absolute atomic E-state index is 11.7. The van der Waals surface area contributed by atoms with Crippen molar-refractivity contribution >= 4 is 15.8 Å². The molecule has 1 N–H and O–H groups in total. The highest BCUT2D eigenvalue weighted by molar-refractivity contribution is 7.90. The van der Waals surface area contributed by atoms with Crippen LogP contribution >= 0.6 is 0 Å². The lowest BCUT2D eigenvalue weighted by atomic mass is 9.96. The minimum atomic E-state index is -3.35. The average molecular weight is 430 g/mol. The van der Waals surface area contributed by atoms with Crippen LogP contribution in [0, 0.1) is 11.8 Å². The van der Waals surface area contributed by atoms with Gasteiger partial charge in [0.1, 0.15) is 19.0 Å². The first-order valence-corrected chi connectivity index (χ1v) is 11.2. The van der Waals surface area contributed by atoms with E-state index in [0.717, 1.165) is 11.8 Å². The zero-order valence-corrected chi connectivity index (χ0v) is 17.4. The zero-order valence-electron chi connectivity index (χ0n) is 16.6. The topological polar surface area (TPSA) is 99.1 Å². The van der Waals surface area contributed by atoms with E-state index in [4.69, 9.17) is 19.3 Å². The summed E-state index contributed by atoms with van der Waals surface area (Å²) in [5.74, 6) is 5.83. The molecule has 0 saturated heterocycles. The number of carbonyl (C=O) groups is 1. The van der Waals surface area contributed by atoms with Crippen molar-refractivity contribution in [1.29, 1.82) is 0 Å². The summed E-state index contributed by atoms with van der Waals surface area (Å²) in [6.07, 6.45) is 0.663. The summed E-state index contributed by atoms with van der Waals surface area (Å²) >= 11 is 0. The maximum Gasteiger partial charge on any atom is 0.304 e. The number of sulfone groups is 1. The molecule has 0 bridgehead atoms. The van der Waals surface area contributed by atoms with Crippen LogP contribution in [0.4, 0.5) is 0 Å². The maximum atomic E-state index is 11.7. The number of benzene rings is 2. The molecule has 158 valence electrons. The number of fused-ring (bicyclic) bond motifs is 1. The van der Waals surface area contributed by atoms with E-state index in [-0.39, 0.29) is 30.4 Å². The molecule has 7 nitrogen and oxygen atoms in total. The molecule has 0 spiro atoms. The van der Waals surface area contributed by atoms with Crippen molar-refractivity contribution in [3.05, 3.63) is 48.0 Å². The lowest BCUT2D eigenvalue weighted by Gasteiger charge is -2.26. The zero-order chi connectivity index (χ0) is 21.7. The van der Waals surface area contributed by atoms with Crippen molar-refractivity contribution in [2.45, 2.75) is 30.3 Å². The highest BCUT2D eigenvalue weighted by Gasteiger charge is 2.23. The van der Waals surface area contributed by atoms with Crippen LogP contribution in [0.1, 0.15) is 24.8 Å². The highest BCUT2D eigenvalue weighted by atomic mass is 32.2. The van der Waals surface area contributed by atoms with E-state index in [0.29, 0.717) is 17.2 Å². The van der Waals surface area contributed by atoms with Crippen molar-refractivity contribution < 1.29 is 32.5 Å². The third kappa shape index (κ3) is 5.45. The monoisotopic (exact) mass is 430 g/mol. The van der Waals surface area contributed by atoms with Crippen LogP contribution in [-0.4, -0.2) is 45.1 Å². The van der Waals surface area contributed by atoms with Crippen molar-refractivity contribution in [2.24, 2.45) is 0 Å². The van der Waals surface area contributed by atoms with Gasteiger partial charge in [0.15, 0.2) is 27.4 Å². The van der Waals surface area contributed by atoms with Gasteiger partial charge in [0.25, 0.3) is 0 Å². The Morgan fingerprint density at radius 3 is 2.60 bits per heavy atom. The number of aliphatic carboxylic acids is 1. The minimum absolute atomic E-state index is 0.0663. The van der Waals surface area contributed by atoms with Crippen LogP contribution in [-0.2, 0) is 14.6 Å². The SMILES string of the molecule is CC#CC(CC(=O)O)c1ccc(OC[C@H]2COc3ccc(S(C)(=O)=O)cc3O2)cc1. The molecule has 0 fully saturated rings. The van der Waals surface area contributed by atoms with Crippen molar-refractivity contribution in [2.75, 3.05) is 19.5 Å². The third-order valence-corrected chi connectivity index (χ3v) is 5.59. The molecule has 30 heavy (non-hydrogen) atoms. The molecule has 0 aromatic heterocycles. The van der Waals surface area contributed by atoms with Gasteiger partial charge in [-0.25, -0.2) is 8.42 Å². The molecule has 1 aliphatic rings. The van der Waals surface area contributed by atoms with Gasteiger partial charge in [-0.15, -0.1) is 5.92 Å². The predicted octanol–water partition coefficient (Wildman–Crippen LogP) is 2.89. The average Bonchev–Trinajstić information content (AvgIpc) is 2.71. The second kappa shape index (κ2) is 9.09. The molecule has 2 aromatic carbocycles. The van der Waals surface area contributed by atoms with Gasteiger partial charge in [-0.2, -0.15) is 0 Å². The molecule has 0 aliphatic carbocycles. The second-order valence-corrected chi connectivity index (χ2v) is 8.87. The molecular formula is C22H22O7S. The van der Waals surface area contributed by atoms with Gasteiger partial charge in [0, 0.05) is 12.3 Å². The Balaban J connectivity index is 1.62. The Kier molecular flexibility index (Phi) is 6.53. The van der Waals surface area contributed by atoms with Gasteiger partial charge < -0.3 is 19.3 Å². The largest absolute Gasteiger partial charge is 0.490 e. The third-order valence-electron chi connectivity index (χ3n) is 4.48. The summed E-state index contributed by atoms with van der Waals surface area (Å²) in [4.78, 5) is 11.2. The number of carboxylic acids is 1. The van der Waals surface area contributed by atoms with Gasteiger partial charge >= 0.3 is 5.97 Å². The van der Waals surface area contributed by atoms with Gasteiger partial charge in [-0.3, -0.25) is 4.79 Å². The summed E-state index contributed by atoms with van der Waals surface area (Å²) in [7, 11) is -3.35. The Hall–Kier alpha value is -3.18. The van der Waals surface area contributed by atoms with Crippen LogP contribution in [0.5, 0.6) is 17.2 Å². The standard InChI is InChI=1S/C22H22O7S/c1-3-4-16(11-22(23)24)15-5-7-17(8-6-15)27-13-18-14-28-20-10-9-19(30(2,25)26)12-21(20)29-18/h5-10,12,16,18H,11,13-14H2,1-2H3,(H,23,24)/t16?,18-/m0/s1. The van der Waals surface area contributed by atoms with Crippen molar-refractivity contribution in [3.63, 3.8) is 0 Å². The number of rotatable bonds is 7. The molecule has 1 heterocycles. The van der Waals surface area contributed by atoms with Gasteiger partial charge in [0.05, 0.1) is 17.2 Å². The Labute approximate surface area is 175 Å². The van der Waals surface area contributed by atoms with Crippen LogP contribution in [0.25, 0.3) is 0 Å². The summed E-state index contributed by atoms with van der Waals surface area (Å²) in [6, 6.07) is 11.6. The lowest BCUT2D eigenvalue weighted by molar-refractivity contribution is -0.137. The summed E-state index contributed by atoms with van der Waals surface area (Å²) < 4.78 is 40.7. The minimum Gasteiger partial charge on any atom is -0.490 e. The molecule has 0 amide bonds. The van der Waals surface area contributed by atoms with Crippen molar-refractivity contribution in [3.8, 4) is 29.1 Å². The van der Waals surface area contributed by atoms with Crippen LogP contribution in [0.3, 0.4) is 0 Å². The fourth-order valence-corrected chi connectivity index (χ4v) is 3.63. The molecule has 1 aliphatic heterocycles. The van der Waals surface area contributed by atoms with Crippen molar-refractivity contribution in [1.82, 2.24) is 0 Å². The van der Waals surface area contributed by atoms with E-state index in [1.54, 1.807) is 37.3 Å². The molecule has 0 radical (unpaired) electrons. The highest BCUT2D eigenvalue weighted by Crippen LogP contribution is 2.34. The molecule has 0 saturated carbocycles. The summed E-state index contributed by atoms with van der Waals surface area (Å²) in [5.41, 5.74) is 0.804. The smallest absolute Gasteiger partial charge is 0.304 e. The second-order valence-electron chi connectivity index (χ2n) is 6.86. The first-order valence-electron chi connectivity index (χ1n) is 9.26. The molecule has 2 aromatic rings. The normalized spacial score (nSPS) is 16.1. The fraction of sp³-hybridized carbons (Fsp3) is 0.318. The number of carboxylic acid groups (broad SMARTS) is 1. The Bertz CT molecular complexity index is 1080. The lowest BCUT2D eigenvalue weighted by Crippen LogP contribution is -2.34. The van der Waals surface area contributed by atoms with E-state index in [1.165, 1.54) is 12.1 Å². The quantitative estimate of drug-likeness (QED) is 0.674. The van der Waals surface area contributed by atoms with Gasteiger partial charge in [0.2, 0.25) is 0 Å². The van der Waals surface area contributed by atoms with Crippen LogP contribution in [0.15, 0.2) is 47.4 Å². The fourth-order valence-electron chi connectivity index (χ4n) is 3.00. The van der Waals surface area contributed by atoms with Crippen LogP contribution < -0.4 is 14.2 Å². The van der Waals surface area contributed by atoms with E-state index < -0.39 is 21.9 Å². The van der Waals surface area contributed by atoms with Gasteiger partial charge in [-0.1, -0.05) is 18.1 Å². The molecule has 3 rings (SSSR count). The first-order chi connectivity index (χ1) is 14.3. The molecule has 2 atom stereocenters. The first kappa shape index (κ1) is 21.5. The molecule has 1 unspecified atom stereocenters. The number of hydrogen-bond acceptors (Lipinski definition) is 6. The van der Waals surface area contributed by atoms with E-state index in [2.05, 4.69) is 11.8 Å². The predicted molar refractivity (Wildman–Crippen MR) is 110 cm³/mol. The van der Waals surface area contributed by atoms with E-state index >= 15 is 0 Å². The summed E-state index contributed by atoms with van der Waals surface area (Å²) in [6.45, 7) is 2.15. The van der Waals surface area contributed by atoms with Gasteiger partial charge in [-0.05, 0) is 36.8 Å². The number of hydrogen-bond donors (Lipinski definition) is 1. The molecular weight excluding hydrogens is 408 g/mol. The van der Waals surface area contributed by atoms with E-state index in [1.807, 2.05) is 0 Å². The Morgan fingerprint density at radius 1 is 1.23 bits per heavy atom. The van der Waals surface area contributed by atoms with E-state index in [9.17, 15) is 13.2 Å². The number of ether oxygens (including phenoxy) is 3. The summed E-state index contributed by atoms with van der Waals surface area (Å²) in [5, 5.41) is 9.03. The Morgan fingerprint density at radius 2 is 1.97 bits per heavy atom. The molecule has 8 heteroatoms. The van der Waals surface area contributed by atoms with Crippen LogP contribution in [0.2, 0.25) is 0 Å².